The molecule has 0 saturated heterocycles. The van der Waals surface area contributed by atoms with Gasteiger partial charge in [0, 0.05) is 47.0 Å². The standard InChI is InChI=1S/C52H38N4O.Pt/c1-36(2)31-37-29-30-53-51(32-37)56-47-24-10-9-21-45(47)46-28-27-42(34-50(46)56)57-41-20-13-19-40(33-41)54-35-55(49-26-12-11-25-48(49)54)52-43(38-15-5-3-6-16-38)22-14-23-44(52)39-17-7-4-8-18-39;/h3-30,32,36H,31H2,1-2H3;/q-2;/i3D,4D,5D,6D,7D,8D,15D,16D,17D,18D,31D2;. The van der Waals surface area contributed by atoms with E-state index in [0.717, 1.165) is 16.3 Å². The maximum Gasteiger partial charge on any atom is 0.268 e. The van der Waals surface area contributed by atoms with Crippen molar-refractivity contribution in [3.8, 4) is 50.9 Å². The number of rotatable bonds is 9. The van der Waals surface area contributed by atoms with Gasteiger partial charge in [0.25, 0.3) is 6.33 Å². The summed E-state index contributed by atoms with van der Waals surface area (Å²) in [4.78, 5) is 4.68. The Kier molecular flexibility index (Phi) is 6.97. The van der Waals surface area contributed by atoms with Gasteiger partial charge in [-0.3, -0.25) is 4.57 Å². The van der Waals surface area contributed by atoms with Gasteiger partial charge in [-0.2, -0.15) is 18.2 Å². The van der Waals surface area contributed by atoms with Gasteiger partial charge in [0.05, 0.1) is 30.4 Å². The molecule has 3 aromatic heterocycles. The number of nitrogens with zero attached hydrogens (tertiary/aromatic N) is 4. The molecular weight excluding hydrogens is 892 g/mol. The zero-order chi connectivity index (χ0) is 48.8. The van der Waals surface area contributed by atoms with Crippen LogP contribution in [0.1, 0.15) is 35.9 Å². The predicted molar refractivity (Wildman–Crippen MR) is 229 cm³/mol. The first-order chi connectivity index (χ1) is 33.0. The second-order valence-electron chi connectivity index (χ2n) is 13.6. The molecule has 0 amide bonds. The number of fused-ring (bicyclic) bond motifs is 4. The molecule has 0 aliphatic heterocycles. The van der Waals surface area contributed by atoms with E-state index in [2.05, 4.69) is 23.4 Å². The maximum atomic E-state index is 8.98. The molecule has 0 atom stereocenters. The number of benzene rings is 7. The summed E-state index contributed by atoms with van der Waals surface area (Å²) in [6.07, 6.45) is 3.39. The van der Waals surface area contributed by atoms with E-state index in [1.165, 1.54) is 0 Å². The number of ether oxygens (including phenoxy) is 1. The third-order valence-corrected chi connectivity index (χ3v) is 9.56. The van der Waals surface area contributed by atoms with Gasteiger partial charge in [0.1, 0.15) is 5.82 Å². The van der Waals surface area contributed by atoms with E-state index in [1.54, 1.807) is 76.0 Å². The molecule has 0 bridgehead atoms. The van der Waals surface area contributed by atoms with Crippen molar-refractivity contribution in [2.24, 2.45) is 5.92 Å². The Morgan fingerprint density at radius 2 is 1.38 bits per heavy atom. The van der Waals surface area contributed by atoms with E-state index in [0.29, 0.717) is 45.1 Å². The van der Waals surface area contributed by atoms with Gasteiger partial charge in [-0.1, -0.05) is 140 Å². The van der Waals surface area contributed by atoms with Gasteiger partial charge in [-0.15, -0.1) is 29.7 Å². The molecule has 0 spiro atoms. The molecular formula is C52H38N4OPt-2. The molecule has 0 N–H and O–H groups in total. The van der Waals surface area contributed by atoms with Crippen LogP contribution in [0.15, 0.2) is 176 Å². The van der Waals surface area contributed by atoms with Crippen LogP contribution in [-0.2, 0) is 27.4 Å². The van der Waals surface area contributed by atoms with E-state index in [4.69, 9.17) is 21.2 Å². The van der Waals surface area contributed by atoms with Gasteiger partial charge in [-0.25, -0.2) is 4.98 Å². The molecule has 10 rings (SSSR count). The maximum absolute atomic E-state index is 8.98. The molecule has 284 valence electrons. The summed E-state index contributed by atoms with van der Waals surface area (Å²) in [6.45, 7) is 3.69. The summed E-state index contributed by atoms with van der Waals surface area (Å²) in [5.41, 5.74) is 3.68. The largest absolute Gasteiger partial charge is 0.510 e. The van der Waals surface area contributed by atoms with E-state index >= 15 is 0 Å². The number of aromatic nitrogens is 4. The van der Waals surface area contributed by atoms with Crippen molar-refractivity contribution in [1.29, 1.82) is 0 Å². The minimum atomic E-state index is -1.60. The smallest absolute Gasteiger partial charge is 0.268 e. The predicted octanol–water partition coefficient (Wildman–Crippen LogP) is 12.1. The van der Waals surface area contributed by atoms with Crippen LogP contribution in [-0.4, -0.2) is 14.1 Å². The van der Waals surface area contributed by atoms with Crippen molar-refractivity contribution in [1.82, 2.24) is 14.1 Å². The molecule has 3 heterocycles. The van der Waals surface area contributed by atoms with Crippen molar-refractivity contribution in [3.05, 3.63) is 200 Å². The molecule has 10 aromatic rings. The number of hydrogen-bond donors (Lipinski definition) is 0. The fraction of sp³-hybridized carbons (Fsp3) is 0.0769. The van der Waals surface area contributed by atoms with E-state index in [-0.39, 0.29) is 54.9 Å². The summed E-state index contributed by atoms with van der Waals surface area (Å²) in [7, 11) is 0. The molecule has 5 nitrogen and oxygen atoms in total. The molecule has 0 unspecified atom stereocenters. The molecule has 0 aliphatic carbocycles. The molecule has 0 aliphatic rings. The Morgan fingerprint density at radius 3 is 2.12 bits per heavy atom. The van der Waals surface area contributed by atoms with Gasteiger partial charge in [0.15, 0.2) is 0 Å². The van der Waals surface area contributed by atoms with Crippen molar-refractivity contribution in [2.75, 3.05) is 0 Å². The second kappa shape index (κ2) is 15.8. The number of para-hydroxylation sites is 4. The zero-order valence-corrected chi connectivity index (χ0v) is 33.3. The first-order valence-electron chi connectivity index (χ1n) is 24.3. The van der Waals surface area contributed by atoms with Crippen molar-refractivity contribution >= 4 is 32.8 Å². The Labute approximate surface area is 369 Å². The minimum absolute atomic E-state index is 0. The molecule has 0 fully saturated rings. The van der Waals surface area contributed by atoms with Crippen LogP contribution in [0.2, 0.25) is 0 Å². The zero-order valence-electron chi connectivity index (χ0n) is 43.1. The topological polar surface area (TPSA) is 35.9 Å². The van der Waals surface area contributed by atoms with Gasteiger partial charge < -0.3 is 13.9 Å². The second-order valence-corrected chi connectivity index (χ2v) is 13.6. The summed E-state index contributed by atoms with van der Waals surface area (Å²) in [6, 6.07) is 33.7. The fourth-order valence-corrected chi connectivity index (χ4v) is 7.24. The fourth-order valence-electron chi connectivity index (χ4n) is 7.24. The van der Waals surface area contributed by atoms with E-state index in [9.17, 15) is 0 Å². The Balaban J connectivity index is 0.00000608. The molecule has 7 aromatic carbocycles. The SMILES string of the molecule is [2H]c1c([2H])c([2H])c(-c2cccc(-c3c([2H])c([2H])c([2H])c([2H])c3[2H])c2-[n+]2[c-]n(-c3[c-]c(Oc4[c-]c5c(cc4)c4ccccc4n5-c4cc(C([2H])([2H])C(C)C)ccn4)ccc3)c3ccccc32)c([2H])c1[2H].[Pt]. The average Bonchev–Trinajstić information content (AvgIpc) is 3.90. The first-order valence-corrected chi connectivity index (χ1v) is 18.3. The summed E-state index contributed by atoms with van der Waals surface area (Å²) >= 11 is 0. The van der Waals surface area contributed by atoms with Crippen LogP contribution >= 0.6 is 0 Å². The Hall–Kier alpha value is -6.55. The molecule has 0 saturated carbocycles. The van der Waals surface area contributed by atoms with Crippen LogP contribution in [0, 0.1) is 24.4 Å². The third-order valence-electron chi connectivity index (χ3n) is 9.56. The first kappa shape index (κ1) is 25.6. The average molecular weight is 942 g/mol. The van der Waals surface area contributed by atoms with Crippen LogP contribution in [0.25, 0.3) is 72.3 Å². The van der Waals surface area contributed by atoms with Crippen LogP contribution in [0.4, 0.5) is 0 Å². The minimum Gasteiger partial charge on any atom is -0.510 e. The van der Waals surface area contributed by atoms with Crippen LogP contribution in [0.3, 0.4) is 0 Å². The summed E-state index contributed by atoms with van der Waals surface area (Å²) in [5, 5.41) is 1.84. The van der Waals surface area contributed by atoms with E-state index < -0.39 is 66.8 Å². The molecule has 0 radical (unpaired) electrons. The van der Waals surface area contributed by atoms with E-state index in [1.807, 2.05) is 66.9 Å². The summed E-state index contributed by atoms with van der Waals surface area (Å²) < 4.78 is 116. The molecule has 58 heavy (non-hydrogen) atoms. The quantitative estimate of drug-likeness (QED) is 0.107. The monoisotopic (exact) mass is 941 g/mol. The Bertz CT molecular complexity index is 3610. The number of pyridine rings is 1. The Morgan fingerprint density at radius 1 is 0.707 bits per heavy atom. The van der Waals surface area contributed by atoms with Crippen molar-refractivity contribution < 1.29 is 46.8 Å². The molecule has 6 heteroatoms. The van der Waals surface area contributed by atoms with Gasteiger partial charge in [-0.05, 0) is 69.4 Å². The van der Waals surface area contributed by atoms with Crippen molar-refractivity contribution in [3.63, 3.8) is 0 Å². The van der Waals surface area contributed by atoms with Gasteiger partial charge >= 0.3 is 0 Å². The van der Waals surface area contributed by atoms with Crippen molar-refractivity contribution in [2.45, 2.75) is 20.2 Å². The summed E-state index contributed by atoms with van der Waals surface area (Å²) in [5.74, 6) is 0.920. The third kappa shape index (κ3) is 6.82. The van der Waals surface area contributed by atoms with Gasteiger partial charge in [0.2, 0.25) is 0 Å². The van der Waals surface area contributed by atoms with Crippen LogP contribution in [0.5, 0.6) is 11.5 Å². The normalized spacial score (nSPS) is 14.5. The number of hydrogen-bond acceptors (Lipinski definition) is 2. The number of imidazole rings is 1. The van der Waals surface area contributed by atoms with Crippen LogP contribution < -0.4 is 9.30 Å².